The van der Waals surface area contributed by atoms with Gasteiger partial charge in [0, 0.05) is 11.8 Å². The molecule has 14 heavy (non-hydrogen) atoms. The predicted molar refractivity (Wildman–Crippen MR) is 54.8 cm³/mol. The number of carbonyl (C=O) groups is 1. The molecule has 4 nitrogen and oxygen atoms in total. The number of benzene rings is 1. The van der Waals surface area contributed by atoms with Gasteiger partial charge in [-0.25, -0.2) is 9.95 Å². The third-order valence-electron chi connectivity index (χ3n) is 1.57. The van der Waals surface area contributed by atoms with Crippen molar-refractivity contribution in [3.05, 3.63) is 30.3 Å². The van der Waals surface area contributed by atoms with E-state index in [4.69, 9.17) is 11.8 Å². The first-order chi connectivity index (χ1) is 6.74. The highest BCUT2D eigenvalue weighted by Gasteiger charge is 2.04. The average molecular weight is 215 g/mol. The number of halogens is 1. The van der Waals surface area contributed by atoms with E-state index in [1.54, 1.807) is 0 Å². The molecule has 1 aromatic carbocycles. The van der Waals surface area contributed by atoms with E-state index >= 15 is 0 Å². The van der Waals surface area contributed by atoms with Gasteiger partial charge in [-0.2, -0.15) is 0 Å². The Morgan fingerprint density at radius 3 is 2.71 bits per heavy atom. The number of esters is 1. The molecule has 0 aliphatic heterocycles. The van der Waals surface area contributed by atoms with E-state index in [-0.39, 0.29) is 12.5 Å². The van der Waals surface area contributed by atoms with Gasteiger partial charge in [0.05, 0.1) is 12.8 Å². The third-order valence-corrected chi connectivity index (χ3v) is 1.89. The minimum atomic E-state index is -0.369. The Balaban J connectivity index is 2.43. The van der Waals surface area contributed by atoms with Crippen LogP contribution in [-0.2, 0) is 9.53 Å². The molecule has 1 aromatic rings. The van der Waals surface area contributed by atoms with Crippen molar-refractivity contribution in [2.45, 2.75) is 0 Å². The van der Waals surface area contributed by atoms with Gasteiger partial charge in [0.1, 0.15) is 6.54 Å². The van der Waals surface area contributed by atoms with Crippen molar-refractivity contribution in [2.24, 2.45) is 0 Å². The number of nitrogens with one attached hydrogen (secondary N) is 1. The Hall–Kier alpha value is -1.26. The van der Waals surface area contributed by atoms with Crippen LogP contribution in [-0.4, -0.2) is 19.6 Å². The zero-order valence-corrected chi connectivity index (χ0v) is 8.49. The molecule has 0 bridgehead atoms. The SMILES string of the molecule is COC(=O)CNN(Cl)c1ccccc1. The van der Waals surface area contributed by atoms with E-state index in [9.17, 15) is 4.79 Å². The number of rotatable bonds is 4. The molecule has 0 fully saturated rings. The number of hydrogen-bond acceptors (Lipinski definition) is 4. The Morgan fingerprint density at radius 1 is 1.50 bits per heavy atom. The fourth-order valence-corrected chi connectivity index (χ4v) is 1.03. The number of ether oxygens (including phenoxy) is 1. The maximum absolute atomic E-state index is 10.8. The quantitative estimate of drug-likeness (QED) is 0.467. The first-order valence-electron chi connectivity index (χ1n) is 4.05. The van der Waals surface area contributed by atoms with Crippen molar-refractivity contribution in [3.8, 4) is 0 Å². The summed E-state index contributed by atoms with van der Waals surface area (Å²) in [7, 11) is 1.32. The highest BCUT2D eigenvalue weighted by Crippen LogP contribution is 2.12. The van der Waals surface area contributed by atoms with Crippen LogP contribution in [0.1, 0.15) is 0 Å². The second-order valence-electron chi connectivity index (χ2n) is 2.53. The van der Waals surface area contributed by atoms with Gasteiger partial charge >= 0.3 is 5.97 Å². The molecule has 0 aliphatic rings. The number of hydrogen-bond donors (Lipinski definition) is 1. The highest BCUT2D eigenvalue weighted by molar-refractivity contribution is 6.25. The smallest absolute Gasteiger partial charge is 0.321 e. The average Bonchev–Trinajstić information content (AvgIpc) is 2.26. The summed E-state index contributed by atoms with van der Waals surface area (Å²) in [6.45, 7) is 0.0366. The van der Waals surface area contributed by atoms with Gasteiger partial charge in [-0.3, -0.25) is 4.79 Å². The second kappa shape index (κ2) is 5.47. The molecule has 0 aliphatic carbocycles. The fraction of sp³-hybridized carbons (Fsp3) is 0.222. The summed E-state index contributed by atoms with van der Waals surface area (Å²) in [6, 6.07) is 9.22. The lowest BCUT2D eigenvalue weighted by molar-refractivity contribution is -0.139. The monoisotopic (exact) mass is 214 g/mol. The van der Waals surface area contributed by atoms with Gasteiger partial charge < -0.3 is 4.74 Å². The lowest BCUT2D eigenvalue weighted by Crippen LogP contribution is -2.34. The van der Waals surface area contributed by atoms with E-state index in [0.717, 1.165) is 5.69 Å². The number of anilines is 1. The zero-order chi connectivity index (χ0) is 10.4. The minimum absolute atomic E-state index is 0.0366. The van der Waals surface area contributed by atoms with Crippen LogP contribution >= 0.6 is 11.8 Å². The van der Waals surface area contributed by atoms with Crippen molar-refractivity contribution >= 4 is 23.4 Å². The molecule has 0 radical (unpaired) electrons. The number of hydrazine groups is 1. The van der Waals surface area contributed by atoms with Crippen LogP contribution in [0, 0.1) is 0 Å². The van der Waals surface area contributed by atoms with Crippen LogP contribution in [0.4, 0.5) is 5.69 Å². The summed E-state index contributed by atoms with van der Waals surface area (Å²) in [6.07, 6.45) is 0. The summed E-state index contributed by atoms with van der Waals surface area (Å²) in [5.41, 5.74) is 3.44. The Labute approximate surface area is 87.5 Å². The molecule has 1 N–H and O–H groups in total. The fourth-order valence-electron chi connectivity index (χ4n) is 0.856. The minimum Gasteiger partial charge on any atom is -0.468 e. The van der Waals surface area contributed by atoms with Gasteiger partial charge in [0.2, 0.25) is 0 Å². The van der Waals surface area contributed by atoms with Gasteiger partial charge in [-0.15, -0.1) is 0 Å². The van der Waals surface area contributed by atoms with Crippen molar-refractivity contribution in [3.63, 3.8) is 0 Å². The number of methoxy groups -OCH3 is 1. The van der Waals surface area contributed by atoms with E-state index in [1.807, 2.05) is 30.3 Å². The van der Waals surface area contributed by atoms with Gasteiger partial charge in [-0.1, -0.05) is 18.2 Å². The molecule has 0 heterocycles. The van der Waals surface area contributed by atoms with Crippen molar-refractivity contribution < 1.29 is 9.53 Å². The van der Waals surface area contributed by atoms with E-state index in [1.165, 1.54) is 11.6 Å². The maximum Gasteiger partial charge on any atom is 0.321 e. The van der Waals surface area contributed by atoms with Gasteiger partial charge in [0.25, 0.3) is 0 Å². The largest absolute Gasteiger partial charge is 0.468 e. The molecule has 76 valence electrons. The van der Waals surface area contributed by atoms with Crippen LogP contribution in [0.2, 0.25) is 0 Å². The van der Waals surface area contributed by atoms with Crippen LogP contribution in [0.15, 0.2) is 30.3 Å². The van der Waals surface area contributed by atoms with Crippen LogP contribution in [0.5, 0.6) is 0 Å². The molecular weight excluding hydrogens is 204 g/mol. The molecule has 5 heteroatoms. The third kappa shape index (κ3) is 3.24. The predicted octanol–water partition coefficient (Wildman–Crippen LogP) is 1.32. The molecular formula is C9H11ClN2O2. The van der Waals surface area contributed by atoms with Crippen molar-refractivity contribution in [1.82, 2.24) is 5.43 Å². The summed E-state index contributed by atoms with van der Waals surface area (Å²) >= 11 is 5.82. The van der Waals surface area contributed by atoms with Crippen molar-refractivity contribution in [2.75, 3.05) is 18.2 Å². The van der Waals surface area contributed by atoms with E-state index in [2.05, 4.69) is 10.2 Å². The lowest BCUT2D eigenvalue weighted by Gasteiger charge is -2.15. The van der Waals surface area contributed by atoms with Crippen LogP contribution in [0.3, 0.4) is 0 Å². The topological polar surface area (TPSA) is 41.6 Å². The normalized spacial score (nSPS) is 9.57. The molecule has 1 rings (SSSR count). The van der Waals surface area contributed by atoms with E-state index < -0.39 is 0 Å². The lowest BCUT2D eigenvalue weighted by atomic mass is 10.3. The molecule has 0 unspecified atom stereocenters. The standard InChI is InChI=1S/C9H11ClN2O2/c1-14-9(13)7-11-12(10)8-5-3-2-4-6-8/h2-6,11H,7H2,1H3. The number of nitrogens with zero attached hydrogens (tertiary/aromatic N) is 1. The number of carbonyl (C=O) groups excluding carboxylic acids is 1. The van der Waals surface area contributed by atoms with Crippen molar-refractivity contribution in [1.29, 1.82) is 0 Å². The van der Waals surface area contributed by atoms with Crippen LogP contribution in [0.25, 0.3) is 0 Å². The first kappa shape index (κ1) is 10.8. The summed E-state index contributed by atoms with van der Waals surface area (Å²) in [5, 5.41) is 0. The number of para-hydroxylation sites is 1. The molecule has 0 amide bonds. The summed E-state index contributed by atoms with van der Waals surface area (Å²) in [5.74, 6) is -0.369. The Morgan fingerprint density at radius 2 is 2.14 bits per heavy atom. The summed E-state index contributed by atoms with van der Waals surface area (Å²) < 4.78 is 5.70. The second-order valence-corrected chi connectivity index (χ2v) is 2.87. The molecule has 0 saturated heterocycles. The maximum atomic E-state index is 10.8. The van der Waals surface area contributed by atoms with Gasteiger partial charge in [0.15, 0.2) is 0 Å². The molecule has 0 spiro atoms. The summed E-state index contributed by atoms with van der Waals surface area (Å²) in [4.78, 5) is 10.8. The molecule has 0 aromatic heterocycles. The zero-order valence-electron chi connectivity index (χ0n) is 7.74. The van der Waals surface area contributed by atoms with E-state index in [0.29, 0.717) is 0 Å². The van der Waals surface area contributed by atoms with Gasteiger partial charge in [-0.05, 0) is 12.1 Å². The molecule has 0 saturated carbocycles. The first-order valence-corrected chi connectivity index (χ1v) is 4.39. The molecule has 0 atom stereocenters. The highest BCUT2D eigenvalue weighted by atomic mass is 35.5. The Bertz CT molecular complexity index is 292. The van der Waals surface area contributed by atoms with Crippen LogP contribution < -0.4 is 9.95 Å². The Kier molecular flexibility index (Phi) is 4.22.